The van der Waals surface area contributed by atoms with Gasteiger partial charge in [-0.25, -0.2) is 19.6 Å². The summed E-state index contributed by atoms with van der Waals surface area (Å²) in [7, 11) is 0. The van der Waals surface area contributed by atoms with E-state index >= 15 is 0 Å². The second-order valence-corrected chi connectivity index (χ2v) is 13.3. The predicted molar refractivity (Wildman–Crippen MR) is 207 cm³/mol. The summed E-state index contributed by atoms with van der Waals surface area (Å²) in [5, 5.41) is 34.3. The van der Waals surface area contributed by atoms with Crippen LogP contribution >= 0.6 is 0 Å². The predicted octanol–water partition coefficient (Wildman–Crippen LogP) is 2.12. The Morgan fingerprint density at radius 1 is 0.831 bits per heavy atom. The van der Waals surface area contributed by atoms with Crippen LogP contribution in [0.2, 0.25) is 0 Å². The van der Waals surface area contributed by atoms with E-state index in [1.807, 2.05) is 0 Å². The van der Waals surface area contributed by atoms with Crippen molar-refractivity contribution in [2.75, 3.05) is 34.0 Å². The highest BCUT2D eigenvalue weighted by molar-refractivity contribution is 6.04. The molecule has 4 amide bonds. The third-order valence-corrected chi connectivity index (χ3v) is 8.48. The van der Waals surface area contributed by atoms with Crippen molar-refractivity contribution in [3.8, 4) is 0 Å². The van der Waals surface area contributed by atoms with Gasteiger partial charge in [-0.3, -0.25) is 19.2 Å². The lowest BCUT2D eigenvalue weighted by atomic mass is 10.0. The number of nitrogens with two attached hydrogens (primary N) is 2. The van der Waals surface area contributed by atoms with Gasteiger partial charge in [0, 0.05) is 23.5 Å². The zero-order valence-corrected chi connectivity index (χ0v) is 31.7. The summed E-state index contributed by atoms with van der Waals surface area (Å²) >= 11 is 0. The Kier molecular flexibility index (Phi) is 14.5. The van der Waals surface area contributed by atoms with Gasteiger partial charge in [-0.2, -0.15) is 23.1 Å². The number of fused-ring (bicyclic) bond motifs is 1. The molecule has 2 heterocycles. The topological polar surface area (TPSA) is 319 Å². The van der Waals surface area contributed by atoms with Crippen LogP contribution in [0.3, 0.4) is 0 Å². The Bertz CT molecular complexity index is 2220. The van der Waals surface area contributed by atoms with E-state index in [-0.39, 0.29) is 60.2 Å². The Morgan fingerprint density at radius 3 is 2.14 bits per heavy atom. The molecule has 59 heavy (non-hydrogen) atoms. The first-order valence-electron chi connectivity index (χ1n) is 17.8. The van der Waals surface area contributed by atoms with E-state index in [2.05, 4.69) is 46.5 Å². The molecule has 0 unspecified atom stereocenters. The van der Waals surface area contributed by atoms with Crippen LogP contribution in [0.25, 0.3) is 11.2 Å². The second kappa shape index (κ2) is 19.2. The summed E-state index contributed by atoms with van der Waals surface area (Å²) in [4.78, 5) is 90.2. The molecule has 0 spiro atoms. The number of benzene rings is 2. The molecule has 314 valence electrons. The molecule has 0 saturated carbocycles. The largest absolute Gasteiger partial charge is 0.480 e. The molecule has 20 nitrogen and oxygen atoms in total. The normalized spacial score (nSPS) is 12.8. The van der Waals surface area contributed by atoms with E-state index in [1.165, 1.54) is 57.3 Å². The zero-order chi connectivity index (χ0) is 43.6. The van der Waals surface area contributed by atoms with Gasteiger partial charge in [-0.1, -0.05) is 13.8 Å². The number of carboxylic acid groups (broad SMARTS) is 2. The van der Waals surface area contributed by atoms with E-state index in [4.69, 9.17) is 11.5 Å². The van der Waals surface area contributed by atoms with Gasteiger partial charge in [0.1, 0.15) is 18.1 Å². The van der Waals surface area contributed by atoms with Gasteiger partial charge < -0.3 is 53.6 Å². The molecular formula is C36H41F3N12O8. The Hall–Kier alpha value is -7.33. The fourth-order valence-electron chi connectivity index (χ4n) is 5.35. The van der Waals surface area contributed by atoms with Crippen molar-refractivity contribution < 1.29 is 52.2 Å². The van der Waals surface area contributed by atoms with Gasteiger partial charge in [0.2, 0.25) is 17.8 Å². The number of carbonyl (C=O) groups excluding carboxylic acids is 4. The second-order valence-electron chi connectivity index (χ2n) is 13.3. The summed E-state index contributed by atoms with van der Waals surface area (Å²) in [6.45, 7) is 4.40. The standard InChI is InChI=1S/C36H41F3N12O8/c1-16(2)25(49-34(59)36(37,38)39)31(54)45-17(3)29(52)47-23-11-10-20(13-22(23)32(55)56)42-12-4-5-24(33(57)58)48-30(53)18-6-8-19(9-7-18)43-14-21-15-44-28-26(46-21)27(40)50-35(41)51-28/h6-11,13,15-17,24-25,42-43H,4-5,12,14H2,1-3H3,(H,45,54)(H,47,52)(H,48,53)(H,49,59)(H,55,56)(H,57,58)(H4,40,41,44,50,51)/t17-,24-,25-/m0/s1. The lowest BCUT2D eigenvalue weighted by Crippen LogP contribution is -2.55. The molecule has 0 saturated heterocycles. The Balaban J connectivity index is 1.26. The van der Waals surface area contributed by atoms with Crippen molar-refractivity contribution in [2.45, 2.75) is 64.5 Å². The Morgan fingerprint density at radius 2 is 1.51 bits per heavy atom. The molecule has 23 heteroatoms. The van der Waals surface area contributed by atoms with Crippen LogP contribution in [0.5, 0.6) is 0 Å². The van der Waals surface area contributed by atoms with Gasteiger partial charge in [0.05, 0.1) is 29.7 Å². The lowest BCUT2D eigenvalue weighted by Gasteiger charge is -2.24. The third-order valence-electron chi connectivity index (χ3n) is 8.48. The molecule has 4 aromatic rings. The number of nitrogens with zero attached hydrogens (tertiary/aromatic N) is 4. The van der Waals surface area contributed by atoms with Gasteiger partial charge >= 0.3 is 24.0 Å². The molecule has 0 fully saturated rings. The van der Waals surface area contributed by atoms with Crippen molar-refractivity contribution in [1.29, 1.82) is 0 Å². The quantitative estimate of drug-likeness (QED) is 0.0642. The van der Waals surface area contributed by atoms with Crippen LogP contribution in [0, 0.1) is 5.92 Å². The van der Waals surface area contributed by atoms with Gasteiger partial charge in [-0.15, -0.1) is 0 Å². The molecule has 2 aromatic carbocycles. The van der Waals surface area contributed by atoms with Crippen LogP contribution < -0.4 is 43.4 Å². The maximum Gasteiger partial charge on any atom is 0.471 e. The third kappa shape index (κ3) is 12.3. The summed E-state index contributed by atoms with van der Waals surface area (Å²) < 4.78 is 38.2. The number of anilines is 5. The van der Waals surface area contributed by atoms with Crippen molar-refractivity contribution >= 4 is 75.6 Å². The highest BCUT2D eigenvalue weighted by Gasteiger charge is 2.41. The molecule has 0 aliphatic carbocycles. The van der Waals surface area contributed by atoms with Crippen molar-refractivity contribution in [1.82, 2.24) is 35.9 Å². The maximum atomic E-state index is 12.9. The minimum atomic E-state index is -5.24. The molecule has 0 bridgehead atoms. The molecular weight excluding hydrogens is 785 g/mol. The molecule has 2 aromatic heterocycles. The number of nitrogens with one attached hydrogen (secondary N) is 6. The monoisotopic (exact) mass is 826 g/mol. The maximum absolute atomic E-state index is 12.9. The number of carbonyl (C=O) groups is 6. The number of hydrogen-bond acceptors (Lipinski definition) is 14. The molecule has 0 aliphatic rings. The number of aliphatic carboxylic acids is 1. The minimum absolute atomic E-state index is 0.00371. The van der Waals surface area contributed by atoms with E-state index in [0.717, 1.165) is 0 Å². The number of aromatic carboxylic acids is 1. The fraction of sp³-hybridized carbons (Fsp3) is 0.333. The molecule has 0 aliphatic heterocycles. The lowest BCUT2D eigenvalue weighted by molar-refractivity contribution is -0.175. The summed E-state index contributed by atoms with van der Waals surface area (Å²) in [5.41, 5.74) is 13.1. The highest BCUT2D eigenvalue weighted by atomic mass is 19.4. The Labute approximate surface area is 333 Å². The summed E-state index contributed by atoms with van der Waals surface area (Å²) in [6, 6.07) is 5.93. The van der Waals surface area contributed by atoms with E-state index in [1.54, 1.807) is 17.4 Å². The molecule has 3 atom stereocenters. The van der Waals surface area contributed by atoms with E-state index < -0.39 is 65.8 Å². The first kappa shape index (κ1) is 44.4. The van der Waals surface area contributed by atoms with Crippen molar-refractivity contribution in [3.05, 3.63) is 65.5 Å². The van der Waals surface area contributed by atoms with E-state index in [0.29, 0.717) is 22.6 Å². The number of hydrogen-bond donors (Lipinski definition) is 10. The van der Waals surface area contributed by atoms with Crippen molar-refractivity contribution in [3.63, 3.8) is 0 Å². The number of alkyl halides is 3. The number of halogens is 3. The van der Waals surface area contributed by atoms with Gasteiger partial charge in [0.25, 0.3) is 5.91 Å². The van der Waals surface area contributed by atoms with Crippen LogP contribution in [0.15, 0.2) is 48.7 Å². The first-order chi connectivity index (χ1) is 27.7. The van der Waals surface area contributed by atoms with Gasteiger partial charge in [-0.05, 0) is 68.1 Å². The molecule has 12 N–H and O–H groups in total. The average Bonchev–Trinajstić information content (AvgIpc) is 3.16. The van der Waals surface area contributed by atoms with Crippen LogP contribution in [0.4, 0.5) is 42.0 Å². The molecule has 0 radical (unpaired) electrons. The SMILES string of the molecule is CC(C)[C@H](NC(=O)C(F)(F)F)C(=O)N[C@@H](C)C(=O)Nc1ccc(NCCC[C@H](NC(=O)c2ccc(NCc3cnc4nc(N)nc(N)c4n3)cc2)C(=O)O)cc1C(=O)O. The number of rotatable bonds is 18. The summed E-state index contributed by atoms with van der Waals surface area (Å²) in [6.07, 6.45) is -3.51. The smallest absolute Gasteiger partial charge is 0.471 e. The number of aromatic nitrogens is 4. The average molecular weight is 827 g/mol. The molecule has 4 rings (SSSR count). The van der Waals surface area contributed by atoms with Crippen LogP contribution in [-0.2, 0) is 25.7 Å². The first-order valence-corrected chi connectivity index (χ1v) is 17.8. The van der Waals surface area contributed by atoms with Crippen molar-refractivity contribution in [2.24, 2.45) is 5.92 Å². The minimum Gasteiger partial charge on any atom is -0.480 e. The number of carboxylic acids is 2. The highest BCUT2D eigenvalue weighted by Crippen LogP contribution is 2.22. The number of nitrogen functional groups attached to an aromatic ring is 2. The van der Waals surface area contributed by atoms with Crippen LogP contribution in [0.1, 0.15) is 60.0 Å². The van der Waals surface area contributed by atoms with E-state index in [9.17, 15) is 52.2 Å². The fourth-order valence-corrected chi connectivity index (χ4v) is 5.35. The van der Waals surface area contributed by atoms with Crippen LogP contribution in [-0.4, -0.2) is 96.6 Å². The zero-order valence-electron chi connectivity index (χ0n) is 31.7. The summed E-state index contributed by atoms with van der Waals surface area (Å²) in [5.74, 6) is -8.33. The number of amides is 4. The van der Waals surface area contributed by atoms with Gasteiger partial charge in [0.15, 0.2) is 17.0 Å².